The van der Waals surface area contributed by atoms with Crippen molar-refractivity contribution >= 4 is 0 Å². The molecule has 0 radical (unpaired) electrons. The van der Waals surface area contributed by atoms with Crippen LogP contribution < -0.4 is 10.1 Å². The lowest BCUT2D eigenvalue weighted by molar-refractivity contribution is 0.466. The van der Waals surface area contributed by atoms with E-state index in [1.165, 1.54) is 11.1 Å². The molecule has 0 amide bonds. The Hall–Kier alpha value is -1.87. The molecule has 0 unspecified atom stereocenters. The lowest BCUT2D eigenvalue weighted by Gasteiger charge is -2.13. The largest absolute Gasteiger partial charge is 0.455 e. The summed E-state index contributed by atoms with van der Waals surface area (Å²) in [6.45, 7) is 10.3. The molecule has 0 aliphatic carbocycles. The van der Waals surface area contributed by atoms with Gasteiger partial charge in [-0.3, -0.25) is 4.98 Å². The van der Waals surface area contributed by atoms with Crippen molar-refractivity contribution in [2.45, 2.75) is 34.2 Å². The SMILES string of the molecule is Cc1cc(C)cc(Oc2cnccc2CNCC(C)C)c1. The molecule has 0 saturated heterocycles. The van der Waals surface area contributed by atoms with Crippen LogP contribution in [-0.2, 0) is 6.54 Å². The number of pyridine rings is 1. The summed E-state index contributed by atoms with van der Waals surface area (Å²) >= 11 is 0. The fourth-order valence-corrected chi connectivity index (χ4v) is 2.26. The minimum absolute atomic E-state index is 0.635. The predicted octanol–water partition coefficient (Wildman–Crippen LogP) is 4.24. The standard InChI is InChI=1S/C18H24N2O/c1-13(2)10-20-11-16-5-6-19-12-18(16)21-17-8-14(3)7-15(4)9-17/h5-9,12-13,20H,10-11H2,1-4H3. The molecule has 0 aliphatic heterocycles. The van der Waals surface area contributed by atoms with Crippen LogP contribution in [0.5, 0.6) is 11.5 Å². The number of aryl methyl sites for hydroxylation is 2. The second-order valence-electron chi connectivity index (χ2n) is 5.93. The maximum atomic E-state index is 6.03. The number of benzene rings is 1. The zero-order chi connectivity index (χ0) is 15.2. The first-order chi connectivity index (χ1) is 10.0. The summed E-state index contributed by atoms with van der Waals surface area (Å²) in [5, 5.41) is 3.44. The second kappa shape index (κ2) is 7.23. The van der Waals surface area contributed by atoms with Crippen LogP contribution in [-0.4, -0.2) is 11.5 Å². The molecule has 112 valence electrons. The number of aromatic nitrogens is 1. The molecule has 3 nitrogen and oxygen atoms in total. The van der Waals surface area contributed by atoms with Crippen molar-refractivity contribution in [3.05, 3.63) is 53.3 Å². The Labute approximate surface area is 127 Å². The van der Waals surface area contributed by atoms with E-state index in [2.05, 4.69) is 44.1 Å². The molecule has 2 aromatic rings. The average Bonchev–Trinajstić information content (AvgIpc) is 2.39. The summed E-state index contributed by atoms with van der Waals surface area (Å²) < 4.78 is 6.03. The number of nitrogens with zero attached hydrogens (tertiary/aromatic N) is 1. The van der Waals surface area contributed by atoms with Crippen LogP contribution in [0.25, 0.3) is 0 Å². The zero-order valence-electron chi connectivity index (χ0n) is 13.3. The molecule has 0 spiro atoms. The van der Waals surface area contributed by atoms with Crippen LogP contribution in [0.2, 0.25) is 0 Å². The van der Waals surface area contributed by atoms with E-state index in [1.807, 2.05) is 18.2 Å². The van der Waals surface area contributed by atoms with Crippen LogP contribution in [0.4, 0.5) is 0 Å². The first-order valence-corrected chi connectivity index (χ1v) is 7.44. The Morgan fingerprint density at radius 3 is 2.52 bits per heavy atom. The Bertz CT molecular complexity index is 573. The third-order valence-electron chi connectivity index (χ3n) is 3.16. The molecule has 0 bridgehead atoms. The van der Waals surface area contributed by atoms with Gasteiger partial charge in [0.1, 0.15) is 11.5 Å². The highest BCUT2D eigenvalue weighted by molar-refractivity contribution is 5.39. The van der Waals surface area contributed by atoms with Gasteiger partial charge < -0.3 is 10.1 Å². The van der Waals surface area contributed by atoms with Gasteiger partial charge in [-0.25, -0.2) is 0 Å². The molecule has 0 atom stereocenters. The Morgan fingerprint density at radius 1 is 1.14 bits per heavy atom. The number of ether oxygens (including phenoxy) is 1. The van der Waals surface area contributed by atoms with E-state index in [4.69, 9.17) is 4.74 Å². The Morgan fingerprint density at radius 2 is 1.86 bits per heavy atom. The second-order valence-corrected chi connectivity index (χ2v) is 5.93. The lowest BCUT2D eigenvalue weighted by atomic mass is 10.1. The summed E-state index contributed by atoms with van der Waals surface area (Å²) in [6, 6.07) is 8.24. The summed E-state index contributed by atoms with van der Waals surface area (Å²) in [5.74, 6) is 2.32. The molecule has 1 heterocycles. The van der Waals surface area contributed by atoms with Crippen LogP contribution in [0.1, 0.15) is 30.5 Å². The fourth-order valence-electron chi connectivity index (χ4n) is 2.26. The molecular weight excluding hydrogens is 260 g/mol. The van der Waals surface area contributed by atoms with Gasteiger partial charge in [-0.15, -0.1) is 0 Å². The minimum Gasteiger partial charge on any atom is -0.455 e. The van der Waals surface area contributed by atoms with Crippen molar-refractivity contribution in [1.82, 2.24) is 10.3 Å². The van der Waals surface area contributed by atoms with E-state index >= 15 is 0 Å². The molecule has 0 saturated carbocycles. The molecule has 1 aromatic carbocycles. The van der Waals surface area contributed by atoms with E-state index in [0.29, 0.717) is 5.92 Å². The first kappa shape index (κ1) is 15.5. The average molecular weight is 284 g/mol. The molecule has 21 heavy (non-hydrogen) atoms. The summed E-state index contributed by atoms with van der Waals surface area (Å²) in [4.78, 5) is 4.18. The predicted molar refractivity (Wildman–Crippen MR) is 86.8 cm³/mol. The van der Waals surface area contributed by atoms with Gasteiger partial charge in [-0.05, 0) is 55.6 Å². The van der Waals surface area contributed by atoms with Gasteiger partial charge in [0.25, 0.3) is 0 Å². The topological polar surface area (TPSA) is 34.1 Å². The maximum absolute atomic E-state index is 6.03. The number of hydrogen-bond donors (Lipinski definition) is 1. The van der Waals surface area contributed by atoms with Crippen LogP contribution >= 0.6 is 0 Å². The Kier molecular flexibility index (Phi) is 5.34. The molecular formula is C18H24N2O. The number of nitrogens with one attached hydrogen (secondary N) is 1. The van der Waals surface area contributed by atoms with Crippen LogP contribution in [0.3, 0.4) is 0 Å². The molecule has 1 N–H and O–H groups in total. The smallest absolute Gasteiger partial charge is 0.150 e. The summed E-state index contributed by atoms with van der Waals surface area (Å²) in [6.07, 6.45) is 3.59. The highest BCUT2D eigenvalue weighted by atomic mass is 16.5. The van der Waals surface area contributed by atoms with Gasteiger partial charge in [0.2, 0.25) is 0 Å². The van der Waals surface area contributed by atoms with Crippen molar-refractivity contribution in [1.29, 1.82) is 0 Å². The van der Waals surface area contributed by atoms with E-state index in [9.17, 15) is 0 Å². The monoisotopic (exact) mass is 284 g/mol. The van der Waals surface area contributed by atoms with E-state index in [1.54, 1.807) is 12.4 Å². The van der Waals surface area contributed by atoms with E-state index < -0.39 is 0 Å². The van der Waals surface area contributed by atoms with Crippen molar-refractivity contribution in [2.75, 3.05) is 6.54 Å². The van der Waals surface area contributed by atoms with Gasteiger partial charge in [-0.1, -0.05) is 19.9 Å². The minimum atomic E-state index is 0.635. The van der Waals surface area contributed by atoms with Crippen molar-refractivity contribution in [2.24, 2.45) is 5.92 Å². The number of rotatable bonds is 6. The number of hydrogen-bond acceptors (Lipinski definition) is 3. The van der Waals surface area contributed by atoms with E-state index in [0.717, 1.165) is 30.2 Å². The van der Waals surface area contributed by atoms with Crippen LogP contribution in [0, 0.1) is 19.8 Å². The molecule has 0 fully saturated rings. The third kappa shape index (κ3) is 4.87. The summed E-state index contributed by atoms with van der Waals surface area (Å²) in [5.41, 5.74) is 3.53. The van der Waals surface area contributed by atoms with Crippen molar-refractivity contribution < 1.29 is 4.74 Å². The van der Waals surface area contributed by atoms with Crippen molar-refractivity contribution in [3.63, 3.8) is 0 Å². The maximum Gasteiger partial charge on any atom is 0.150 e. The van der Waals surface area contributed by atoms with Gasteiger partial charge >= 0.3 is 0 Å². The fraction of sp³-hybridized carbons (Fsp3) is 0.389. The van der Waals surface area contributed by atoms with Gasteiger partial charge in [0.15, 0.2) is 0 Å². The van der Waals surface area contributed by atoms with Crippen LogP contribution in [0.15, 0.2) is 36.7 Å². The van der Waals surface area contributed by atoms with Gasteiger partial charge in [-0.2, -0.15) is 0 Å². The van der Waals surface area contributed by atoms with Gasteiger partial charge in [0.05, 0.1) is 6.20 Å². The molecule has 0 aliphatic rings. The molecule has 3 heteroatoms. The van der Waals surface area contributed by atoms with Gasteiger partial charge in [0, 0.05) is 18.3 Å². The highest BCUT2D eigenvalue weighted by Gasteiger charge is 2.06. The zero-order valence-corrected chi connectivity index (χ0v) is 13.3. The summed E-state index contributed by atoms with van der Waals surface area (Å²) in [7, 11) is 0. The molecule has 1 aromatic heterocycles. The lowest BCUT2D eigenvalue weighted by Crippen LogP contribution is -2.19. The Balaban J connectivity index is 2.12. The van der Waals surface area contributed by atoms with Crippen molar-refractivity contribution in [3.8, 4) is 11.5 Å². The quantitative estimate of drug-likeness (QED) is 0.861. The third-order valence-corrected chi connectivity index (χ3v) is 3.16. The van der Waals surface area contributed by atoms with E-state index in [-0.39, 0.29) is 0 Å². The first-order valence-electron chi connectivity index (χ1n) is 7.44. The highest BCUT2D eigenvalue weighted by Crippen LogP contribution is 2.26. The normalized spacial score (nSPS) is 10.9. The molecule has 2 rings (SSSR count).